The molecule has 0 radical (unpaired) electrons. The third-order valence-corrected chi connectivity index (χ3v) is 4.37. The molecule has 0 atom stereocenters. The van der Waals surface area contributed by atoms with Gasteiger partial charge < -0.3 is 20.3 Å². The zero-order valence-corrected chi connectivity index (χ0v) is 12.7. The maximum Gasteiger partial charge on any atom is 0.139 e. The van der Waals surface area contributed by atoms with Crippen molar-refractivity contribution in [3.63, 3.8) is 0 Å². The molecule has 0 amide bonds. The molecule has 0 bridgehead atoms. The van der Waals surface area contributed by atoms with Gasteiger partial charge >= 0.3 is 0 Å². The summed E-state index contributed by atoms with van der Waals surface area (Å²) < 4.78 is 5.30. The van der Waals surface area contributed by atoms with Crippen LogP contribution in [0.25, 0.3) is 6.08 Å². The molecular weight excluding hydrogens is 264 g/mol. The number of piperidine rings is 1. The Morgan fingerprint density at radius 3 is 2.90 bits per heavy atom. The molecule has 1 aromatic heterocycles. The third-order valence-electron chi connectivity index (χ3n) is 4.37. The highest BCUT2D eigenvalue weighted by atomic mass is 16.5. The molecule has 1 saturated heterocycles. The zero-order chi connectivity index (χ0) is 14.7. The molecule has 21 heavy (non-hydrogen) atoms. The molecule has 3 rings (SSSR count). The van der Waals surface area contributed by atoms with E-state index < -0.39 is 0 Å². The van der Waals surface area contributed by atoms with E-state index in [1.54, 1.807) is 13.3 Å². The number of hydrogen-bond acceptors (Lipinski definition) is 5. The number of methoxy groups -OCH3 is 1. The van der Waals surface area contributed by atoms with Gasteiger partial charge in [-0.05, 0) is 32.0 Å². The maximum atomic E-state index is 5.96. The first-order valence-electron chi connectivity index (χ1n) is 7.70. The summed E-state index contributed by atoms with van der Waals surface area (Å²) >= 11 is 0. The van der Waals surface area contributed by atoms with Crippen LogP contribution >= 0.6 is 0 Å². The number of nitrogens with zero attached hydrogens (tertiary/aromatic N) is 3. The molecule has 114 valence electrons. The van der Waals surface area contributed by atoms with Gasteiger partial charge in [0.25, 0.3) is 0 Å². The number of nitrogens with two attached hydrogens (primary N) is 1. The quantitative estimate of drug-likeness (QED) is 0.906. The number of aromatic nitrogens is 1. The van der Waals surface area contributed by atoms with Crippen LogP contribution in [-0.4, -0.2) is 55.8 Å². The van der Waals surface area contributed by atoms with Crippen LogP contribution in [0.1, 0.15) is 18.5 Å². The molecule has 0 unspecified atom stereocenters. The lowest BCUT2D eigenvalue weighted by molar-refractivity contribution is 0.217. The lowest BCUT2D eigenvalue weighted by Crippen LogP contribution is -2.43. The first-order valence-corrected chi connectivity index (χ1v) is 7.70. The predicted octanol–water partition coefficient (Wildman–Crippen LogP) is 1.35. The van der Waals surface area contributed by atoms with Crippen molar-refractivity contribution in [2.45, 2.75) is 18.9 Å². The Hall–Kier alpha value is -1.59. The van der Waals surface area contributed by atoms with Crippen LogP contribution in [0.4, 0.5) is 5.69 Å². The fourth-order valence-corrected chi connectivity index (χ4v) is 2.98. The Morgan fingerprint density at radius 1 is 1.33 bits per heavy atom. The van der Waals surface area contributed by atoms with E-state index in [0.717, 1.165) is 57.0 Å². The monoisotopic (exact) mass is 288 g/mol. The molecule has 5 heteroatoms. The van der Waals surface area contributed by atoms with Gasteiger partial charge in [0.05, 0.1) is 24.7 Å². The molecular formula is C16H24N4O. The van der Waals surface area contributed by atoms with Crippen molar-refractivity contribution in [3.05, 3.63) is 24.0 Å². The fraction of sp³-hybridized carbons (Fsp3) is 0.562. The standard InChI is InChI=1S/C16H24N4O/c1-21-14-11-16-15(18-12-14)3-2-6-20(16)10-9-19-7-4-13(17)5-8-19/h2-3,11-13H,4-10,17H2,1H3. The van der Waals surface area contributed by atoms with Gasteiger partial charge in [0.1, 0.15) is 5.75 Å². The summed E-state index contributed by atoms with van der Waals surface area (Å²) in [6.45, 7) is 5.27. The van der Waals surface area contributed by atoms with Crippen LogP contribution in [0.15, 0.2) is 18.3 Å². The number of ether oxygens (including phenoxy) is 1. The number of fused-ring (bicyclic) bond motifs is 1. The van der Waals surface area contributed by atoms with E-state index in [2.05, 4.69) is 33.0 Å². The van der Waals surface area contributed by atoms with Crippen molar-refractivity contribution < 1.29 is 4.74 Å². The second-order valence-electron chi connectivity index (χ2n) is 5.81. The van der Waals surface area contributed by atoms with E-state index in [-0.39, 0.29) is 0 Å². The van der Waals surface area contributed by atoms with Crippen LogP contribution in [0.2, 0.25) is 0 Å². The number of hydrogen-bond donors (Lipinski definition) is 1. The van der Waals surface area contributed by atoms with Crippen molar-refractivity contribution >= 4 is 11.8 Å². The molecule has 0 spiro atoms. The molecule has 0 aliphatic carbocycles. The summed E-state index contributed by atoms with van der Waals surface area (Å²) in [5.74, 6) is 0.818. The lowest BCUT2D eigenvalue weighted by Gasteiger charge is -2.34. The number of anilines is 1. The molecule has 0 saturated carbocycles. The zero-order valence-electron chi connectivity index (χ0n) is 12.7. The van der Waals surface area contributed by atoms with Crippen molar-refractivity contribution in [3.8, 4) is 5.75 Å². The molecule has 5 nitrogen and oxygen atoms in total. The van der Waals surface area contributed by atoms with Crippen molar-refractivity contribution in [2.24, 2.45) is 5.73 Å². The highest BCUT2D eigenvalue weighted by molar-refractivity contribution is 5.69. The second-order valence-corrected chi connectivity index (χ2v) is 5.81. The van der Waals surface area contributed by atoms with E-state index in [1.807, 2.05) is 0 Å². The first kappa shape index (κ1) is 14.4. The number of pyridine rings is 1. The minimum absolute atomic E-state index is 0.397. The molecule has 2 N–H and O–H groups in total. The topological polar surface area (TPSA) is 54.6 Å². The van der Waals surface area contributed by atoms with E-state index in [1.165, 1.54) is 5.69 Å². The smallest absolute Gasteiger partial charge is 0.139 e. The van der Waals surface area contributed by atoms with Gasteiger partial charge in [-0.2, -0.15) is 0 Å². The molecule has 2 aliphatic heterocycles. The summed E-state index contributed by atoms with van der Waals surface area (Å²) in [6, 6.07) is 2.48. The maximum absolute atomic E-state index is 5.96. The third kappa shape index (κ3) is 3.36. The summed E-state index contributed by atoms with van der Waals surface area (Å²) in [5.41, 5.74) is 8.16. The summed E-state index contributed by atoms with van der Waals surface area (Å²) in [5, 5.41) is 0. The SMILES string of the molecule is COc1cnc2c(c1)N(CCN1CCC(N)CC1)CC=C2. The Balaban J connectivity index is 1.63. The van der Waals surface area contributed by atoms with Crippen molar-refractivity contribution in [2.75, 3.05) is 44.7 Å². The Morgan fingerprint density at radius 2 is 2.14 bits per heavy atom. The minimum atomic E-state index is 0.397. The molecule has 3 heterocycles. The van der Waals surface area contributed by atoms with Crippen LogP contribution in [0.5, 0.6) is 5.75 Å². The van der Waals surface area contributed by atoms with E-state index in [0.29, 0.717) is 6.04 Å². The number of rotatable bonds is 4. The summed E-state index contributed by atoms with van der Waals surface area (Å²) in [7, 11) is 1.68. The fourth-order valence-electron chi connectivity index (χ4n) is 2.98. The normalized spacial score (nSPS) is 19.6. The van der Waals surface area contributed by atoms with Crippen LogP contribution in [0.3, 0.4) is 0 Å². The van der Waals surface area contributed by atoms with Crippen LogP contribution in [0, 0.1) is 0 Å². The predicted molar refractivity (Wildman–Crippen MR) is 85.7 cm³/mol. The van der Waals surface area contributed by atoms with Gasteiger partial charge in [-0.1, -0.05) is 6.08 Å². The van der Waals surface area contributed by atoms with Crippen LogP contribution in [-0.2, 0) is 0 Å². The second kappa shape index (κ2) is 6.45. The van der Waals surface area contributed by atoms with Crippen LogP contribution < -0.4 is 15.4 Å². The van der Waals surface area contributed by atoms with Gasteiger partial charge in [0.2, 0.25) is 0 Å². The summed E-state index contributed by atoms with van der Waals surface area (Å²) in [4.78, 5) is 9.34. The first-order chi connectivity index (χ1) is 10.3. The summed E-state index contributed by atoms with van der Waals surface area (Å²) in [6.07, 6.45) is 8.27. The van der Waals surface area contributed by atoms with E-state index >= 15 is 0 Å². The largest absolute Gasteiger partial charge is 0.495 e. The van der Waals surface area contributed by atoms with Crippen molar-refractivity contribution in [1.29, 1.82) is 0 Å². The van der Waals surface area contributed by atoms with Gasteiger partial charge in [-0.3, -0.25) is 4.98 Å². The minimum Gasteiger partial charge on any atom is -0.495 e. The highest BCUT2D eigenvalue weighted by Gasteiger charge is 2.19. The van der Waals surface area contributed by atoms with Gasteiger partial charge in [-0.25, -0.2) is 0 Å². The van der Waals surface area contributed by atoms with Gasteiger partial charge in [-0.15, -0.1) is 0 Å². The average molecular weight is 288 g/mol. The van der Waals surface area contributed by atoms with E-state index in [9.17, 15) is 0 Å². The molecule has 1 aromatic rings. The Bertz CT molecular complexity index is 509. The van der Waals surface area contributed by atoms with Crippen molar-refractivity contribution in [1.82, 2.24) is 9.88 Å². The van der Waals surface area contributed by atoms with Gasteiger partial charge in [0, 0.05) is 31.7 Å². The molecule has 1 fully saturated rings. The average Bonchev–Trinajstić information content (AvgIpc) is 2.54. The van der Waals surface area contributed by atoms with Gasteiger partial charge in [0.15, 0.2) is 0 Å². The lowest BCUT2D eigenvalue weighted by atomic mass is 10.1. The highest BCUT2D eigenvalue weighted by Crippen LogP contribution is 2.27. The Kier molecular flexibility index (Phi) is 4.41. The Labute approximate surface area is 126 Å². The number of likely N-dealkylation sites (tertiary alicyclic amines) is 1. The van der Waals surface area contributed by atoms with E-state index in [4.69, 9.17) is 10.5 Å². The molecule has 0 aromatic carbocycles. The molecule has 2 aliphatic rings.